The summed E-state index contributed by atoms with van der Waals surface area (Å²) in [6.07, 6.45) is 3.52. The van der Waals surface area contributed by atoms with Gasteiger partial charge >= 0.3 is 0 Å². The Hall–Kier alpha value is -1.79. The largest absolute Gasteiger partial charge is 0.507 e. The molecular formula is C17H24ClN3O3. The smallest absolute Gasteiger partial charge is 0.257 e. The molecule has 24 heavy (non-hydrogen) atoms. The summed E-state index contributed by atoms with van der Waals surface area (Å²) in [4.78, 5) is 28.5. The Morgan fingerprint density at radius 3 is 2.12 bits per heavy atom. The zero-order chi connectivity index (χ0) is 16.4. The molecule has 2 aliphatic rings. The second-order valence-electron chi connectivity index (χ2n) is 6.46. The van der Waals surface area contributed by atoms with Gasteiger partial charge in [0.25, 0.3) is 5.91 Å². The standard InChI is InChI=1S/C17H23N3O3.ClH/c18-17(7-3-4-8-17)16(23)20-11-9-19(10-12-20)15(22)13-5-1-2-6-14(13)21;/h1-2,5-6,21H,3-4,7-12,18H2;1H. The van der Waals surface area contributed by atoms with E-state index in [9.17, 15) is 14.7 Å². The van der Waals surface area contributed by atoms with Crippen LogP contribution in [0, 0.1) is 0 Å². The number of benzene rings is 1. The van der Waals surface area contributed by atoms with Gasteiger partial charge < -0.3 is 20.6 Å². The minimum absolute atomic E-state index is 0. The third kappa shape index (κ3) is 3.49. The number of halogens is 1. The lowest BCUT2D eigenvalue weighted by Gasteiger charge is -2.38. The Bertz CT molecular complexity index is 609. The van der Waals surface area contributed by atoms with E-state index in [2.05, 4.69) is 0 Å². The lowest BCUT2D eigenvalue weighted by atomic mass is 9.97. The highest BCUT2D eigenvalue weighted by Gasteiger charge is 2.40. The van der Waals surface area contributed by atoms with Gasteiger partial charge in [0.15, 0.2) is 0 Å². The molecule has 7 heteroatoms. The van der Waals surface area contributed by atoms with E-state index in [-0.39, 0.29) is 30.0 Å². The summed E-state index contributed by atoms with van der Waals surface area (Å²) in [5.74, 6) is -0.189. The number of piperazine rings is 1. The Kier molecular flexibility index (Phi) is 5.72. The molecule has 3 N–H and O–H groups in total. The van der Waals surface area contributed by atoms with Gasteiger partial charge in [-0.25, -0.2) is 0 Å². The maximum Gasteiger partial charge on any atom is 0.257 e. The number of hydrogen-bond donors (Lipinski definition) is 2. The molecule has 132 valence electrons. The summed E-state index contributed by atoms with van der Waals surface area (Å²) >= 11 is 0. The van der Waals surface area contributed by atoms with Crippen molar-refractivity contribution in [1.29, 1.82) is 0 Å². The van der Waals surface area contributed by atoms with E-state index < -0.39 is 5.54 Å². The lowest BCUT2D eigenvalue weighted by molar-refractivity contribution is -0.138. The number of rotatable bonds is 2. The van der Waals surface area contributed by atoms with Crippen molar-refractivity contribution < 1.29 is 14.7 Å². The average molecular weight is 354 g/mol. The number of aromatic hydroxyl groups is 1. The summed E-state index contributed by atoms with van der Waals surface area (Å²) in [6, 6.07) is 6.53. The molecule has 6 nitrogen and oxygen atoms in total. The van der Waals surface area contributed by atoms with Crippen LogP contribution in [-0.4, -0.2) is 58.4 Å². The van der Waals surface area contributed by atoms with E-state index in [1.165, 1.54) is 6.07 Å². The molecule has 1 saturated heterocycles. The monoisotopic (exact) mass is 353 g/mol. The number of carbonyl (C=O) groups excluding carboxylic acids is 2. The van der Waals surface area contributed by atoms with Gasteiger partial charge in [-0.3, -0.25) is 9.59 Å². The van der Waals surface area contributed by atoms with E-state index in [0.29, 0.717) is 31.7 Å². The van der Waals surface area contributed by atoms with Crippen LogP contribution in [-0.2, 0) is 4.79 Å². The number of hydrogen-bond acceptors (Lipinski definition) is 4. The van der Waals surface area contributed by atoms with E-state index >= 15 is 0 Å². The molecule has 0 aromatic heterocycles. The Balaban J connectivity index is 0.00000208. The molecule has 0 spiro atoms. The number of nitrogens with two attached hydrogens (primary N) is 1. The normalized spacial score (nSPS) is 19.7. The number of carbonyl (C=O) groups is 2. The molecule has 0 atom stereocenters. The van der Waals surface area contributed by atoms with Crippen molar-refractivity contribution in [3.05, 3.63) is 29.8 Å². The van der Waals surface area contributed by atoms with E-state index in [0.717, 1.165) is 25.7 Å². The van der Waals surface area contributed by atoms with Crippen molar-refractivity contribution in [3.63, 3.8) is 0 Å². The van der Waals surface area contributed by atoms with Crippen molar-refractivity contribution in [2.24, 2.45) is 5.73 Å². The first-order chi connectivity index (χ1) is 11.0. The third-order valence-electron chi connectivity index (χ3n) is 4.91. The van der Waals surface area contributed by atoms with Crippen LogP contribution < -0.4 is 5.73 Å². The highest BCUT2D eigenvalue weighted by molar-refractivity contribution is 5.97. The quantitative estimate of drug-likeness (QED) is 0.840. The SMILES string of the molecule is Cl.NC1(C(=O)N2CCN(C(=O)c3ccccc3O)CC2)CCCC1. The summed E-state index contributed by atoms with van der Waals surface area (Å²) < 4.78 is 0. The van der Waals surface area contributed by atoms with E-state index in [1.807, 2.05) is 0 Å². The predicted octanol–water partition coefficient (Wildman–Crippen LogP) is 1.37. The zero-order valence-electron chi connectivity index (χ0n) is 13.6. The zero-order valence-corrected chi connectivity index (χ0v) is 14.4. The number of nitrogens with zero attached hydrogens (tertiary/aromatic N) is 2. The molecule has 1 aromatic rings. The van der Waals surface area contributed by atoms with Crippen molar-refractivity contribution in [2.45, 2.75) is 31.2 Å². The van der Waals surface area contributed by atoms with Crippen LogP contribution in [0.1, 0.15) is 36.0 Å². The fourth-order valence-corrected chi connectivity index (χ4v) is 3.47. The fourth-order valence-electron chi connectivity index (χ4n) is 3.47. The topological polar surface area (TPSA) is 86.9 Å². The number of para-hydroxylation sites is 1. The molecule has 2 fully saturated rings. The highest BCUT2D eigenvalue weighted by atomic mass is 35.5. The second kappa shape index (κ2) is 7.40. The molecular weight excluding hydrogens is 330 g/mol. The summed E-state index contributed by atoms with van der Waals surface area (Å²) in [7, 11) is 0. The summed E-state index contributed by atoms with van der Waals surface area (Å²) in [5, 5.41) is 9.80. The molecule has 0 unspecified atom stereocenters. The highest BCUT2D eigenvalue weighted by Crippen LogP contribution is 2.29. The van der Waals surface area contributed by atoms with Gasteiger partial charge in [-0.2, -0.15) is 0 Å². The number of phenolic OH excluding ortho intramolecular Hbond substituents is 1. The van der Waals surface area contributed by atoms with Crippen LogP contribution in [0.5, 0.6) is 5.75 Å². The van der Waals surface area contributed by atoms with Crippen LogP contribution >= 0.6 is 12.4 Å². The Labute approximate surface area is 148 Å². The minimum atomic E-state index is -0.704. The minimum Gasteiger partial charge on any atom is -0.507 e. The summed E-state index contributed by atoms with van der Waals surface area (Å²) in [6.45, 7) is 1.93. The van der Waals surface area contributed by atoms with Crippen molar-refractivity contribution in [3.8, 4) is 5.75 Å². The first-order valence-electron chi connectivity index (χ1n) is 8.17. The van der Waals surface area contributed by atoms with Gasteiger partial charge in [0.05, 0.1) is 11.1 Å². The van der Waals surface area contributed by atoms with Crippen LogP contribution in [0.15, 0.2) is 24.3 Å². The maximum atomic E-state index is 12.6. The van der Waals surface area contributed by atoms with Gasteiger partial charge in [0, 0.05) is 26.2 Å². The third-order valence-corrected chi connectivity index (χ3v) is 4.91. The lowest BCUT2D eigenvalue weighted by Crippen LogP contribution is -2.59. The molecule has 1 aliphatic carbocycles. The van der Waals surface area contributed by atoms with E-state index in [4.69, 9.17) is 5.73 Å². The molecule has 2 amide bonds. The second-order valence-corrected chi connectivity index (χ2v) is 6.46. The van der Waals surface area contributed by atoms with Crippen molar-refractivity contribution >= 4 is 24.2 Å². The molecule has 0 radical (unpaired) electrons. The fraction of sp³-hybridized carbons (Fsp3) is 0.529. The summed E-state index contributed by atoms with van der Waals surface area (Å²) in [5.41, 5.74) is 5.83. The molecule has 3 rings (SSSR count). The molecule has 1 saturated carbocycles. The van der Waals surface area contributed by atoms with Crippen LogP contribution in [0.25, 0.3) is 0 Å². The van der Waals surface area contributed by atoms with E-state index in [1.54, 1.807) is 28.0 Å². The van der Waals surface area contributed by atoms with Crippen LogP contribution in [0.4, 0.5) is 0 Å². The number of phenols is 1. The van der Waals surface area contributed by atoms with Gasteiger partial charge in [-0.1, -0.05) is 25.0 Å². The molecule has 1 heterocycles. The predicted molar refractivity (Wildman–Crippen MR) is 93.2 cm³/mol. The maximum absolute atomic E-state index is 12.6. The number of amides is 2. The molecule has 0 bridgehead atoms. The van der Waals surface area contributed by atoms with Crippen molar-refractivity contribution in [1.82, 2.24) is 9.80 Å². The average Bonchev–Trinajstić information content (AvgIpc) is 3.02. The molecule has 1 aromatic carbocycles. The van der Waals surface area contributed by atoms with Crippen molar-refractivity contribution in [2.75, 3.05) is 26.2 Å². The van der Waals surface area contributed by atoms with Crippen LogP contribution in [0.3, 0.4) is 0 Å². The first-order valence-corrected chi connectivity index (χ1v) is 8.17. The van der Waals surface area contributed by atoms with Gasteiger partial charge in [0.1, 0.15) is 5.75 Å². The van der Waals surface area contributed by atoms with Gasteiger partial charge in [-0.15, -0.1) is 12.4 Å². The Morgan fingerprint density at radius 1 is 1.00 bits per heavy atom. The first kappa shape index (κ1) is 18.5. The Morgan fingerprint density at radius 2 is 1.54 bits per heavy atom. The van der Waals surface area contributed by atoms with Gasteiger partial charge in [0.2, 0.25) is 5.91 Å². The van der Waals surface area contributed by atoms with Gasteiger partial charge in [-0.05, 0) is 25.0 Å². The van der Waals surface area contributed by atoms with Crippen LogP contribution in [0.2, 0.25) is 0 Å². The molecule has 1 aliphatic heterocycles.